The van der Waals surface area contributed by atoms with Crippen molar-refractivity contribution in [2.45, 2.75) is 173 Å². The second-order valence-corrected chi connectivity index (χ2v) is 18.5. The highest BCUT2D eigenvalue weighted by Crippen LogP contribution is 2.40. The normalized spacial score (nSPS) is 40.4. The molecule has 1 aliphatic carbocycles. The second kappa shape index (κ2) is 23.3. The summed E-state index contributed by atoms with van der Waals surface area (Å²) in [5, 5.41) is 34.8. The lowest BCUT2D eigenvalue weighted by Crippen LogP contribution is -2.64. The molecule has 15 nitrogen and oxygen atoms in total. The molecule has 15 heteroatoms. The number of hydrogen-bond acceptors (Lipinski definition) is 13. The minimum Gasteiger partial charge on any atom is -0.463 e. The van der Waals surface area contributed by atoms with Gasteiger partial charge in [0.05, 0.1) is 36.6 Å². The number of fused-ring (bicyclic) bond motifs is 3. The van der Waals surface area contributed by atoms with Crippen LogP contribution in [0.2, 0.25) is 0 Å². The number of nitrogens with one attached hydrogen (secondary N) is 2. The highest BCUT2D eigenvalue weighted by molar-refractivity contribution is 6.39. The maximum Gasteiger partial charge on any atom is 0.329 e. The number of ether oxygens (including phenoxy) is 5. The first-order valence-electron chi connectivity index (χ1n) is 22.4. The van der Waals surface area contributed by atoms with Crippen molar-refractivity contribution in [1.82, 2.24) is 15.8 Å². The van der Waals surface area contributed by atoms with E-state index in [1.54, 1.807) is 20.1 Å². The van der Waals surface area contributed by atoms with Crippen LogP contribution in [-0.4, -0.2) is 132 Å². The second-order valence-electron chi connectivity index (χ2n) is 18.5. The Balaban J connectivity index is 1.80. The van der Waals surface area contributed by atoms with Gasteiger partial charge in [-0.2, -0.15) is 5.92 Å². The van der Waals surface area contributed by atoms with Crippen LogP contribution in [0.25, 0.3) is 0 Å². The number of carbonyl (C=O) groups excluding carboxylic acids is 4. The van der Waals surface area contributed by atoms with Crippen molar-refractivity contribution < 1.29 is 58.2 Å². The molecule has 3 heterocycles. The zero-order chi connectivity index (χ0) is 45.2. The number of rotatable bonds is 10. The van der Waals surface area contributed by atoms with Crippen molar-refractivity contribution in [2.75, 3.05) is 27.9 Å². The van der Waals surface area contributed by atoms with E-state index in [0.717, 1.165) is 5.57 Å². The molecule has 2 amide bonds. The molecule has 0 aromatic carbocycles. The van der Waals surface area contributed by atoms with Gasteiger partial charge in [-0.25, -0.2) is 10.2 Å². The largest absolute Gasteiger partial charge is 0.463 e. The number of aliphatic hydroxyl groups excluding tert-OH is 2. The van der Waals surface area contributed by atoms with Crippen LogP contribution in [0.3, 0.4) is 0 Å². The molecule has 4 rings (SSSR count). The Labute approximate surface area is 363 Å². The van der Waals surface area contributed by atoms with Crippen LogP contribution < -0.4 is 10.9 Å². The van der Waals surface area contributed by atoms with Crippen molar-refractivity contribution in [2.24, 2.45) is 35.5 Å². The highest BCUT2D eigenvalue weighted by atomic mass is 16.7. The predicted molar refractivity (Wildman–Crippen MR) is 228 cm³/mol. The number of methoxy groups -OCH3 is 3. The van der Waals surface area contributed by atoms with Gasteiger partial charge in [-0.15, -0.1) is 12.5 Å². The van der Waals surface area contributed by atoms with Crippen LogP contribution >= 0.6 is 0 Å². The van der Waals surface area contributed by atoms with Crippen molar-refractivity contribution >= 4 is 23.6 Å². The molecule has 348 valence electrons. The van der Waals surface area contributed by atoms with E-state index < -0.39 is 89.9 Å². The number of hydrogen-bond donors (Lipinski definition) is 5. The minimum atomic E-state index is -2.51. The molecule has 3 aliphatic heterocycles. The Bertz CT molecular complexity index is 1510. The number of piperidine rings is 1. The van der Waals surface area contributed by atoms with Crippen LogP contribution in [0.15, 0.2) is 24.3 Å². The maximum absolute atomic E-state index is 14.5. The predicted octanol–water partition coefficient (Wildman–Crippen LogP) is 3.97. The third-order valence-electron chi connectivity index (χ3n) is 13.7. The molecule has 16 atom stereocenters. The smallest absolute Gasteiger partial charge is 0.329 e. The van der Waals surface area contributed by atoms with Crippen molar-refractivity contribution in [1.29, 1.82) is 0 Å². The Hall–Kier alpha value is -2.76. The number of cyclic esters (lactones) is 1. The molecular weight excluding hydrogens is 787 g/mol. The molecule has 2 saturated heterocycles. The number of allylic oxidation sites excluding steroid dienone is 2. The summed E-state index contributed by atoms with van der Waals surface area (Å²) in [5.41, 5.74) is 6.95. The Morgan fingerprint density at radius 3 is 2.31 bits per heavy atom. The third kappa shape index (κ3) is 12.9. The van der Waals surface area contributed by atoms with Crippen LogP contribution in [0.4, 0.5) is 0 Å². The van der Waals surface area contributed by atoms with Crippen LogP contribution in [0, 0.1) is 41.9 Å². The average Bonchev–Trinajstić information content (AvgIpc) is 3.23. The molecule has 1 saturated carbocycles. The van der Waals surface area contributed by atoms with Gasteiger partial charge in [0.2, 0.25) is 11.7 Å². The fourth-order valence-electron chi connectivity index (χ4n) is 10.2. The highest BCUT2D eigenvalue weighted by Gasteiger charge is 2.56. The first-order chi connectivity index (χ1) is 28.9. The zero-order valence-electron chi connectivity index (χ0n) is 38.0. The molecular formula is C46H76N3O12-. The Morgan fingerprint density at radius 2 is 1.67 bits per heavy atom. The number of aliphatic hydroxyl groups is 3. The van der Waals surface area contributed by atoms with Gasteiger partial charge in [0.15, 0.2) is 0 Å². The molecule has 2 bridgehead atoms. The summed E-state index contributed by atoms with van der Waals surface area (Å²) in [7, 11) is 4.65. The fraction of sp³-hybridized carbons (Fsp3) is 0.804. The number of Topliss-reactive ketones (excluding diaryl/α,β-unsaturated/α-hetero) is 1. The lowest BCUT2D eigenvalue weighted by atomic mass is 9.76. The van der Waals surface area contributed by atoms with E-state index >= 15 is 0 Å². The van der Waals surface area contributed by atoms with E-state index in [1.165, 1.54) is 26.0 Å². The fourth-order valence-corrected chi connectivity index (χ4v) is 10.2. The maximum atomic E-state index is 14.5. The molecule has 4 aliphatic rings. The number of nitrogens with zero attached hydrogens (tertiary/aromatic N) is 1. The van der Waals surface area contributed by atoms with Gasteiger partial charge in [0, 0.05) is 52.7 Å². The van der Waals surface area contributed by atoms with E-state index in [4.69, 9.17) is 23.7 Å². The summed E-state index contributed by atoms with van der Waals surface area (Å²) in [6, 6.07) is -1.59. The molecule has 0 aromatic rings. The summed E-state index contributed by atoms with van der Waals surface area (Å²) in [6.07, 6.45) is 6.35. The van der Waals surface area contributed by atoms with E-state index in [-0.39, 0.29) is 55.6 Å². The average molecular weight is 863 g/mol. The first-order valence-corrected chi connectivity index (χ1v) is 22.4. The van der Waals surface area contributed by atoms with Gasteiger partial charge in [-0.3, -0.25) is 19.8 Å². The lowest BCUT2D eigenvalue weighted by Gasteiger charge is -2.47. The zero-order valence-corrected chi connectivity index (χ0v) is 38.0. The SMILES string of the molecule is C=CC[C@@H]1/C=C(\C)C[C@H](C)C[C@H](OC)[C@H]2O[C@@](O)(C(=O)C(=O)N3CCCC[C@H]3C(=O)O[C@H](C(C)[CH-][C@@H]3CC[C@@H](O)[C@H](OC)C3)[C@H](C)[C@@H](O)CC1NNC(C)=O)[C@H](C)C[C@@H]2OC. The number of hydrazine groups is 1. The Kier molecular flexibility index (Phi) is 19.4. The van der Waals surface area contributed by atoms with E-state index in [2.05, 4.69) is 36.9 Å². The monoisotopic (exact) mass is 863 g/mol. The van der Waals surface area contributed by atoms with Crippen LogP contribution in [0.5, 0.6) is 0 Å². The number of ketones is 1. The topological polar surface area (TPSA) is 202 Å². The van der Waals surface area contributed by atoms with Crippen molar-refractivity contribution in [3.63, 3.8) is 0 Å². The lowest BCUT2D eigenvalue weighted by molar-refractivity contribution is -0.302. The van der Waals surface area contributed by atoms with Crippen LogP contribution in [-0.2, 0) is 42.9 Å². The van der Waals surface area contributed by atoms with Gasteiger partial charge >= 0.3 is 5.97 Å². The molecule has 61 heavy (non-hydrogen) atoms. The van der Waals surface area contributed by atoms with Crippen LogP contribution in [0.1, 0.15) is 112 Å². The number of amides is 2. The van der Waals surface area contributed by atoms with Gasteiger partial charge < -0.3 is 50.3 Å². The standard InChI is InChI=1S/C46H76N3O12/c1-11-14-33-20-26(2)19-27(3)21-39(58-9)42-40(59-10)23-29(5)46(56,61-42)43(53)44(54)49-18-13-12-15-35(49)45(55)60-41(30(6)37(52)25-34(33)48-47-31(7)50)28(4)22-32-16-17-36(51)38(24-32)57-8/h11,20,22,27-30,32-42,48,51-52,56H,1,12-19,21,23-25H2,2-10H3,(H,47,50)/q-1/b26-20+/t27-,28?,29+,30+,32-,33+,34?,35-,36+,37-,38+,39-,40-,41+,42+,46+/m0/s1. The van der Waals surface area contributed by atoms with E-state index in [0.29, 0.717) is 51.4 Å². The van der Waals surface area contributed by atoms with Crippen molar-refractivity contribution in [3.05, 3.63) is 30.7 Å². The summed E-state index contributed by atoms with van der Waals surface area (Å²) < 4.78 is 30.1. The molecule has 5 N–H and O–H groups in total. The van der Waals surface area contributed by atoms with Crippen molar-refractivity contribution in [3.8, 4) is 0 Å². The first kappa shape index (κ1) is 50.9. The molecule has 2 unspecified atom stereocenters. The molecule has 0 spiro atoms. The third-order valence-corrected chi connectivity index (χ3v) is 13.7. The number of carbonyl (C=O) groups is 4. The summed E-state index contributed by atoms with van der Waals surface area (Å²) in [6.45, 7) is 15.0. The quantitative estimate of drug-likeness (QED) is 0.0695. The number of esters is 1. The minimum absolute atomic E-state index is 0.0281. The molecule has 0 radical (unpaired) electrons. The molecule has 3 fully saturated rings. The van der Waals surface area contributed by atoms with Gasteiger partial charge in [-0.05, 0) is 83.0 Å². The van der Waals surface area contributed by atoms with Gasteiger partial charge in [-0.1, -0.05) is 51.8 Å². The van der Waals surface area contributed by atoms with E-state index in [9.17, 15) is 34.5 Å². The van der Waals surface area contributed by atoms with Gasteiger partial charge in [0.25, 0.3) is 11.7 Å². The van der Waals surface area contributed by atoms with E-state index in [1.807, 2.05) is 20.8 Å². The summed E-state index contributed by atoms with van der Waals surface area (Å²) >= 11 is 0. The Morgan fingerprint density at radius 1 is 1.00 bits per heavy atom. The summed E-state index contributed by atoms with van der Waals surface area (Å²) in [5.74, 6) is -7.73. The summed E-state index contributed by atoms with van der Waals surface area (Å²) in [4.78, 5) is 56.6. The molecule has 0 aromatic heterocycles. The van der Waals surface area contributed by atoms with Gasteiger partial charge in [0.1, 0.15) is 12.1 Å².